The third-order valence-corrected chi connectivity index (χ3v) is 7.62. The molecule has 34 heavy (non-hydrogen) atoms. The second kappa shape index (κ2) is 11.9. The summed E-state index contributed by atoms with van der Waals surface area (Å²) in [6.07, 6.45) is -20.9. The number of aliphatic hydroxyl groups is 11. The number of hydrogen-bond donors (Lipinski definition) is 11. The van der Waals surface area contributed by atoms with Gasteiger partial charge in [-0.3, -0.25) is 0 Å². The highest BCUT2D eigenvalue weighted by molar-refractivity contribution is 8.00. The number of rotatable bonds is 7. The van der Waals surface area contributed by atoms with Gasteiger partial charge in [0.25, 0.3) is 0 Å². The maximum atomic E-state index is 10.8. The highest BCUT2D eigenvalue weighted by Crippen LogP contribution is 2.38. The van der Waals surface area contributed by atoms with E-state index in [4.69, 9.17) is 18.9 Å². The Morgan fingerprint density at radius 3 is 1.71 bits per heavy atom. The molecule has 3 saturated heterocycles. The highest BCUT2D eigenvalue weighted by Gasteiger charge is 2.53. The largest absolute Gasteiger partial charge is 0.394 e. The van der Waals surface area contributed by atoms with Gasteiger partial charge in [0.2, 0.25) is 0 Å². The standard InChI is InChI=1S/C18H32O15S/c19-1-4-7(22)10(25)11(26)17(31-4)33-14-8(23)5(2-20)32-18(12(14)27)34-15-9(24)6(3-21)30-16(29)13(15)28/h4-29H,1-3H2/t4-,5-,6-,7-,8-,9-,10+,11-,12-,13-,14+,15+,16-,17+,18+/m1/s1. The normalized spacial score (nSPS) is 52.5. The van der Waals surface area contributed by atoms with E-state index in [0.29, 0.717) is 11.8 Å². The molecule has 0 bridgehead atoms. The van der Waals surface area contributed by atoms with Crippen molar-refractivity contribution in [2.75, 3.05) is 19.8 Å². The van der Waals surface area contributed by atoms with Gasteiger partial charge in [-0.2, -0.15) is 0 Å². The van der Waals surface area contributed by atoms with E-state index in [9.17, 15) is 56.2 Å². The molecule has 0 aromatic carbocycles. The summed E-state index contributed by atoms with van der Waals surface area (Å²) >= 11 is 0.624. The lowest BCUT2D eigenvalue weighted by atomic mass is 9.97. The van der Waals surface area contributed by atoms with E-state index < -0.39 is 110 Å². The first-order chi connectivity index (χ1) is 16.0. The van der Waals surface area contributed by atoms with Crippen molar-refractivity contribution in [1.29, 1.82) is 0 Å². The van der Waals surface area contributed by atoms with Gasteiger partial charge in [-0.05, 0) is 0 Å². The van der Waals surface area contributed by atoms with Gasteiger partial charge in [0, 0.05) is 0 Å². The van der Waals surface area contributed by atoms with Crippen molar-refractivity contribution in [3.8, 4) is 0 Å². The molecule has 200 valence electrons. The van der Waals surface area contributed by atoms with Crippen LogP contribution in [-0.2, 0) is 18.9 Å². The van der Waals surface area contributed by atoms with Crippen molar-refractivity contribution in [2.45, 2.75) is 90.4 Å². The topological polar surface area (TPSA) is 259 Å². The number of ether oxygens (including phenoxy) is 4. The third-order valence-electron chi connectivity index (χ3n) is 6.09. The van der Waals surface area contributed by atoms with Crippen molar-refractivity contribution >= 4 is 11.8 Å². The molecule has 0 aromatic heterocycles. The second-order valence-electron chi connectivity index (χ2n) is 8.33. The molecule has 15 nitrogen and oxygen atoms in total. The lowest BCUT2D eigenvalue weighted by Gasteiger charge is -2.47. The van der Waals surface area contributed by atoms with Crippen LogP contribution in [-0.4, -0.2) is 166 Å². The second-order valence-corrected chi connectivity index (χ2v) is 9.62. The van der Waals surface area contributed by atoms with Gasteiger partial charge in [0.1, 0.15) is 66.5 Å². The molecular formula is C18H32O15S. The molecule has 3 fully saturated rings. The molecule has 3 aliphatic rings. The zero-order chi connectivity index (χ0) is 25.3. The summed E-state index contributed by atoms with van der Waals surface area (Å²) in [5, 5.41) is 109. The van der Waals surface area contributed by atoms with Crippen LogP contribution in [0.5, 0.6) is 0 Å². The zero-order valence-corrected chi connectivity index (χ0v) is 18.6. The van der Waals surface area contributed by atoms with E-state index in [-0.39, 0.29) is 0 Å². The molecule has 3 aliphatic heterocycles. The van der Waals surface area contributed by atoms with Gasteiger partial charge in [-0.1, -0.05) is 0 Å². The molecular weight excluding hydrogens is 488 g/mol. The fourth-order valence-electron chi connectivity index (χ4n) is 4.04. The van der Waals surface area contributed by atoms with E-state index in [0.717, 1.165) is 0 Å². The zero-order valence-electron chi connectivity index (χ0n) is 17.7. The maximum Gasteiger partial charge on any atom is 0.187 e. The van der Waals surface area contributed by atoms with Crippen LogP contribution in [0.15, 0.2) is 0 Å². The van der Waals surface area contributed by atoms with Gasteiger partial charge in [0.15, 0.2) is 12.6 Å². The Labute approximate surface area is 197 Å². The number of thioether (sulfide) groups is 1. The minimum absolute atomic E-state index is 0.624. The average molecular weight is 521 g/mol. The molecule has 0 aromatic rings. The van der Waals surface area contributed by atoms with E-state index in [1.54, 1.807) is 0 Å². The molecule has 0 saturated carbocycles. The molecule has 15 atom stereocenters. The maximum absolute atomic E-state index is 10.8. The minimum atomic E-state index is -1.83. The van der Waals surface area contributed by atoms with Crippen LogP contribution < -0.4 is 0 Å². The molecule has 0 radical (unpaired) electrons. The lowest BCUT2D eigenvalue weighted by Crippen LogP contribution is -2.65. The fraction of sp³-hybridized carbons (Fsp3) is 1.00. The van der Waals surface area contributed by atoms with Crippen LogP contribution in [0.4, 0.5) is 0 Å². The van der Waals surface area contributed by atoms with Gasteiger partial charge in [-0.25, -0.2) is 0 Å². The Morgan fingerprint density at radius 2 is 1.12 bits per heavy atom. The van der Waals surface area contributed by atoms with E-state index in [2.05, 4.69) is 0 Å². The van der Waals surface area contributed by atoms with Crippen molar-refractivity contribution in [2.24, 2.45) is 0 Å². The van der Waals surface area contributed by atoms with Crippen LogP contribution in [0, 0.1) is 0 Å². The van der Waals surface area contributed by atoms with Gasteiger partial charge in [0.05, 0.1) is 31.2 Å². The van der Waals surface area contributed by atoms with Crippen LogP contribution >= 0.6 is 11.8 Å². The van der Waals surface area contributed by atoms with Gasteiger partial charge in [-0.15, -0.1) is 11.8 Å². The van der Waals surface area contributed by atoms with Gasteiger partial charge >= 0.3 is 0 Å². The monoisotopic (exact) mass is 520 g/mol. The van der Waals surface area contributed by atoms with Crippen molar-refractivity contribution in [3.63, 3.8) is 0 Å². The molecule has 3 heterocycles. The summed E-state index contributed by atoms with van der Waals surface area (Å²) in [7, 11) is 0. The first-order valence-corrected chi connectivity index (χ1v) is 11.5. The Bertz CT molecular complexity index is 644. The Morgan fingerprint density at radius 1 is 0.559 bits per heavy atom. The minimum Gasteiger partial charge on any atom is -0.394 e. The predicted octanol–water partition coefficient (Wildman–Crippen LogP) is -6.86. The fourth-order valence-corrected chi connectivity index (χ4v) is 5.51. The summed E-state index contributed by atoms with van der Waals surface area (Å²) in [5.74, 6) is 0. The molecule has 11 N–H and O–H groups in total. The van der Waals surface area contributed by atoms with E-state index >= 15 is 0 Å². The van der Waals surface area contributed by atoms with Crippen molar-refractivity contribution in [1.82, 2.24) is 0 Å². The van der Waals surface area contributed by atoms with Crippen LogP contribution in [0.25, 0.3) is 0 Å². The third kappa shape index (κ3) is 5.52. The van der Waals surface area contributed by atoms with Crippen molar-refractivity contribution < 1.29 is 75.1 Å². The first-order valence-electron chi connectivity index (χ1n) is 10.6. The average Bonchev–Trinajstić information content (AvgIpc) is 2.82. The van der Waals surface area contributed by atoms with E-state index in [1.165, 1.54) is 0 Å². The Balaban J connectivity index is 1.78. The van der Waals surface area contributed by atoms with Crippen LogP contribution in [0.1, 0.15) is 0 Å². The number of hydrogen-bond acceptors (Lipinski definition) is 16. The molecule has 0 spiro atoms. The highest BCUT2D eigenvalue weighted by atomic mass is 32.2. The predicted molar refractivity (Wildman–Crippen MR) is 108 cm³/mol. The van der Waals surface area contributed by atoms with Crippen LogP contribution in [0.2, 0.25) is 0 Å². The molecule has 0 aliphatic carbocycles. The van der Waals surface area contributed by atoms with Crippen molar-refractivity contribution in [3.05, 3.63) is 0 Å². The Kier molecular flexibility index (Phi) is 9.88. The summed E-state index contributed by atoms with van der Waals surface area (Å²) < 4.78 is 21.1. The van der Waals surface area contributed by atoms with Gasteiger partial charge < -0.3 is 75.1 Å². The first kappa shape index (κ1) is 28.3. The van der Waals surface area contributed by atoms with E-state index in [1.807, 2.05) is 0 Å². The summed E-state index contributed by atoms with van der Waals surface area (Å²) in [6, 6.07) is 0. The smallest absolute Gasteiger partial charge is 0.187 e. The van der Waals surface area contributed by atoms with Crippen LogP contribution in [0.3, 0.4) is 0 Å². The quantitative estimate of drug-likeness (QED) is 0.149. The lowest BCUT2D eigenvalue weighted by molar-refractivity contribution is -0.337. The summed E-state index contributed by atoms with van der Waals surface area (Å²) in [6.45, 7) is -2.17. The molecule has 0 amide bonds. The SMILES string of the molecule is OC[C@H]1O[C@@H](O[C@@H]2[C@@H](O)[C@H](S[C@@H]3[C@@H](O)[C@H](O)O[C@H](CO)[C@H]3O)O[C@H](CO)[C@H]2O)[C@H](O)[C@@H](O)[C@@H]1O. The summed E-state index contributed by atoms with van der Waals surface area (Å²) in [5.41, 5.74) is -1.38. The molecule has 0 unspecified atom stereocenters. The Hall–Kier alpha value is -0.250. The molecule has 3 rings (SSSR count). The summed E-state index contributed by atoms with van der Waals surface area (Å²) in [4.78, 5) is 0. The number of aliphatic hydroxyl groups excluding tert-OH is 11. The molecule has 16 heteroatoms.